The largest absolute Gasteiger partial charge is 0.493 e. The fraction of sp³-hybridized carbons (Fsp3) is 0.115. The van der Waals surface area contributed by atoms with Gasteiger partial charge < -0.3 is 20.5 Å². The van der Waals surface area contributed by atoms with Crippen molar-refractivity contribution in [3.63, 3.8) is 0 Å². The lowest BCUT2D eigenvalue weighted by Gasteiger charge is -2.11. The van der Waals surface area contributed by atoms with Crippen molar-refractivity contribution in [2.75, 3.05) is 25.3 Å². The molecule has 0 radical (unpaired) electrons. The average Bonchev–Trinajstić information content (AvgIpc) is 3.13. The Morgan fingerprint density at radius 1 is 0.912 bits per heavy atom. The minimum atomic E-state index is -0.398. The van der Waals surface area contributed by atoms with Crippen LogP contribution in [0.5, 0.6) is 11.5 Å². The van der Waals surface area contributed by atoms with E-state index >= 15 is 0 Å². The fourth-order valence-corrected chi connectivity index (χ4v) is 3.95. The average molecular weight is 454 g/mol. The van der Waals surface area contributed by atoms with Crippen molar-refractivity contribution in [3.8, 4) is 17.2 Å². The van der Waals surface area contributed by atoms with Crippen molar-refractivity contribution in [1.29, 1.82) is 0 Å². The van der Waals surface area contributed by atoms with Crippen LogP contribution in [0.3, 0.4) is 0 Å². The molecular formula is C26H23N5O3. The third kappa shape index (κ3) is 3.55. The summed E-state index contributed by atoms with van der Waals surface area (Å²) >= 11 is 0. The Balaban J connectivity index is 1.68. The molecular weight excluding hydrogens is 430 g/mol. The topological polar surface area (TPSA) is 104 Å². The number of hydrogen-bond donors (Lipinski definition) is 2. The van der Waals surface area contributed by atoms with Crippen LogP contribution < -0.4 is 20.5 Å². The number of nitrogens with one attached hydrogen (secondary N) is 1. The van der Waals surface area contributed by atoms with Crippen LogP contribution >= 0.6 is 0 Å². The number of amides is 1. The van der Waals surface area contributed by atoms with Gasteiger partial charge in [-0.25, -0.2) is 9.97 Å². The lowest BCUT2D eigenvalue weighted by molar-refractivity contribution is 0.102. The van der Waals surface area contributed by atoms with Crippen LogP contribution in [0.1, 0.15) is 15.9 Å². The Kier molecular flexibility index (Phi) is 5.25. The van der Waals surface area contributed by atoms with E-state index in [9.17, 15) is 4.79 Å². The van der Waals surface area contributed by atoms with Gasteiger partial charge in [0.2, 0.25) is 0 Å². The standard InChI is InChI=1S/C26H23N5O3/c1-15-8-11-17(12-9-15)31-24(27)22(23-25(31)30-19-7-5-4-6-18(19)29-23)26(32)28-16-10-13-20(33-2)21(14-16)34-3/h4-14H,27H2,1-3H3,(H,28,32). The number of carbonyl (C=O) groups excluding carboxylic acids is 1. The summed E-state index contributed by atoms with van der Waals surface area (Å²) in [5, 5.41) is 2.90. The van der Waals surface area contributed by atoms with Gasteiger partial charge >= 0.3 is 0 Å². The number of benzene rings is 3. The van der Waals surface area contributed by atoms with Gasteiger partial charge in [0.1, 0.15) is 16.9 Å². The van der Waals surface area contributed by atoms with E-state index in [4.69, 9.17) is 25.2 Å². The molecule has 170 valence electrons. The van der Waals surface area contributed by atoms with E-state index in [1.165, 1.54) is 7.11 Å². The fourth-order valence-electron chi connectivity index (χ4n) is 3.95. The molecule has 8 nitrogen and oxygen atoms in total. The lowest BCUT2D eigenvalue weighted by atomic mass is 10.2. The number of nitrogen functional groups attached to an aromatic ring is 1. The maximum atomic E-state index is 13.5. The third-order valence-electron chi connectivity index (χ3n) is 5.66. The summed E-state index contributed by atoms with van der Waals surface area (Å²) in [6.07, 6.45) is 0. The molecule has 8 heteroatoms. The van der Waals surface area contributed by atoms with Crippen molar-refractivity contribution in [2.24, 2.45) is 0 Å². The van der Waals surface area contributed by atoms with E-state index in [0.29, 0.717) is 39.4 Å². The van der Waals surface area contributed by atoms with E-state index in [1.54, 1.807) is 29.9 Å². The summed E-state index contributed by atoms with van der Waals surface area (Å²) in [7, 11) is 3.09. The van der Waals surface area contributed by atoms with Crippen LogP contribution in [0.25, 0.3) is 27.9 Å². The smallest absolute Gasteiger partial charge is 0.261 e. The minimum absolute atomic E-state index is 0.253. The maximum Gasteiger partial charge on any atom is 0.261 e. The Hall–Kier alpha value is -4.59. The van der Waals surface area contributed by atoms with Crippen LogP contribution in [-0.4, -0.2) is 34.7 Å². The first-order chi connectivity index (χ1) is 16.5. The molecule has 0 unspecified atom stereocenters. The Morgan fingerprint density at radius 2 is 1.59 bits per heavy atom. The van der Waals surface area contributed by atoms with E-state index in [0.717, 1.165) is 11.3 Å². The zero-order valence-electron chi connectivity index (χ0n) is 19.0. The predicted octanol–water partition coefficient (Wildman–Crippen LogP) is 4.73. The molecule has 0 fully saturated rings. The number of hydrogen-bond acceptors (Lipinski definition) is 6. The summed E-state index contributed by atoms with van der Waals surface area (Å²) < 4.78 is 12.4. The highest BCUT2D eigenvalue weighted by atomic mass is 16.5. The second kappa shape index (κ2) is 8.40. The van der Waals surface area contributed by atoms with Crippen LogP contribution in [0.15, 0.2) is 66.7 Å². The molecule has 0 saturated heterocycles. The zero-order valence-corrected chi connectivity index (χ0v) is 19.0. The molecule has 5 aromatic rings. The number of rotatable bonds is 5. The van der Waals surface area contributed by atoms with Gasteiger partial charge in [0.05, 0.1) is 25.3 Å². The number of para-hydroxylation sites is 2. The SMILES string of the molecule is COc1ccc(NC(=O)c2c(N)n(-c3ccc(C)cc3)c3nc4ccccc4nc23)cc1OC. The highest BCUT2D eigenvalue weighted by Gasteiger charge is 2.25. The molecule has 2 heterocycles. The number of nitrogens with zero attached hydrogens (tertiary/aromatic N) is 3. The molecule has 0 aliphatic heterocycles. The summed E-state index contributed by atoms with van der Waals surface area (Å²) in [5.74, 6) is 0.923. The molecule has 3 N–H and O–H groups in total. The van der Waals surface area contributed by atoms with Crippen LogP contribution in [-0.2, 0) is 0 Å². The Labute approximate surface area is 196 Å². The third-order valence-corrected chi connectivity index (χ3v) is 5.66. The number of fused-ring (bicyclic) bond motifs is 2. The van der Waals surface area contributed by atoms with Gasteiger partial charge in [-0.3, -0.25) is 9.36 Å². The van der Waals surface area contributed by atoms with E-state index in [1.807, 2.05) is 55.5 Å². The number of methoxy groups -OCH3 is 2. The quantitative estimate of drug-likeness (QED) is 0.399. The molecule has 5 rings (SSSR count). The van der Waals surface area contributed by atoms with Crippen molar-refractivity contribution < 1.29 is 14.3 Å². The van der Waals surface area contributed by atoms with Crippen molar-refractivity contribution in [2.45, 2.75) is 6.92 Å². The molecule has 0 bridgehead atoms. The number of aromatic nitrogens is 3. The van der Waals surface area contributed by atoms with Gasteiger partial charge in [0, 0.05) is 17.4 Å². The summed E-state index contributed by atoms with van der Waals surface area (Å²) in [4.78, 5) is 23.1. The molecule has 0 spiro atoms. The minimum Gasteiger partial charge on any atom is -0.493 e. The number of carbonyl (C=O) groups is 1. The Bertz CT molecular complexity index is 1540. The second-order valence-corrected chi connectivity index (χ2v) is 7.84. The van der Waals surface area contributed by atoms with Gasteiger partial charge in [-0.15, -0.1) is 0 Å². The van der Waals surface area contributed by atoms with E-state index < -0.39 is 5.91 Å². The first kappa shape index (κ1) is 21.3. The van der Waals surface area contributed by atoms with Crippen molar-refractivity contribution in [3.05, 3.63) is 77.9 Å². The molecule has 0 atom stereocenters. The van der Waals surface area contributed by atoms with Crippen LogP contribution in [0.4, 0.5) is 11.5 Å². The highest BCUT2D eigenvalue weighted by molar-refractivity contribution is 6.16. The van der Waals surface area contributed by atoms with E-state index in [-0.39, 0.29) is 11.4 Å². The molecule has 2 aromatic heterocycles. The maximum absolute atomic E-state index is 13.5. The van der Waals surface area contributed by atoms with Crippen molar-refractivity contribution in [1.82, 2.24) is 14.5 Å². The molecule has 0 aliphatic carbocycles. The van der Waals surface area contributed by atoms with E-state index in [2.05, 4.69) is 5.32 Å². The number of anilines is 2. The van der Waals surface area contributed by atoms with Gasteiger partial charge in [-0.1, -0.05) is 29.8 Å². The zero-order chi connectivity index (χ0) is 23.8. The lowest BCUT2D eigenvalue weighted by Crippen LogP contribution is -2.14. The number of ether oxygens (including phenoxy) is 2. The molecule has 0 saturated carbocycles. The van der Waals surface area contributed by atoms with Crippen molar-refractivity contribution >= 4 is 39.6 Å². The second-order valence-electron chi connectivity index (χ2n) is 7.84. The van der Waals surface area contributed by atoms with Gasteiger partial charge in [-0.2, -0.15) is 0 Å². The molecule has 3 aromatic carbocycles. The van der Waals surface area contributed by atoms with Crippen LogP contribution in [0, 0.1) is 6.92 Å². The highest BCUT2D eigenvalue weighted by Crippen LogP contribution is 2.33. The normalized spacial score (nSPS) is 11.0. The monoisotopic (exact) mass is 453 g/mol. The molecule has 1 amide bonds. The van der Waals surface area contributed by atoms with Gasteiger partial charge in [-0.05, 0) is 43.3 Å². The first-order valence-corrected chi connectivity index (χ1v) is 10.7. The summed E-state index contributed by atoms with van der Waals surface area (Å²) in [6, 6.07) is 20.5. The number of nitrogens with two attached hydrogens (primary N) is 1. The molecule has 34 heavy (non-hydrogen) atoms. The summed E-state index contributed by atoms with van der Waals surface area (Å²) in [6.45, 7) is 2.01. The van der Waals surface area contributed by atoms with Crippen LogP contribution in [0.2, 0.25) is 0 Å². The molecule has 0 aliphatic rings. The predicted molar refractivity (Wildman–Crippen MR) is 133 cm³/mol. The Morgan fingerprint density at radius 3 is 2.26 bits per heavy atom. The van der Waals surface area contributed by atoms with Gasteiger partial charge in [0.15, 0.2) is 17.1 Å². The number of aryl methyl sites for hydroxylation is 1. The van der Waals surface area contributed by atoms with Gasteiger partial charge in [0.25, 0.3) is 5.91 Å². The first-order valence-electron chi connectivity index (χ1n) is 10.7. The summed E-state index contributed by atoms with van der Waals surface area (Å²) in [5.41, 5.74) is 11.6.